The minimum Gasteiger partial charge on any atom is -0.339 e. The van der Waals surface area contributed by atoms with E-state index in [4.69, 9.17) is 0 Å². The zero-order valence-electron chi connectivity index (χ0n) is 7.35. The van der Waals surface area contributed by atoms with Gasteiger partial charge in [-0.15, -0.1) is 0 Å². The zero-order valence-corrected chi connectivity index (χ0v) is 7.35. The first-order chi connectivity index (χ1) is 5.74. The lowest BCUT2D eigenvalue weighted by Gasteiger charge is -2.28. The van der Waals surface area contributed by atoms with E-state index in [1.807, 2.05) is 0 Å². The van der Waals surface area contributed by atoms with Gasteiger partial charge < -0.3 is 10.2 Å². The molecule has 0 aromatic carbocycles. The van der Waals surface area contributed by atoms with Gasteiger partial charge in [-0.3, -0.25) is 4.79 Å². The second kappa shape index (κ2) is 4.40. The third-order valence-electron chi connectivity index (χ3n) is 2.04. The molecule has 0 saturated carbocycles. The van der Waals surface area contributed by atoms with Crippen LogP contribution in [-0.2, 0) is 4.79 Å². The maximum atomic E-state index is 12.8. The number of likely N-dealkylation sites (tertiary alicyclic amines) is 1. The maximum absolute atomic E-state index is 12.8. The molecule has 1 saturated heterocycles. The number of nitrogens with one attached hydrogen (secondary N) is 1. The normalized spacial score (nSPS) is 24.2. The van der Waals surface area contributed by atoms with Crippen LogP contribution in [0.1, 0.15) is 12.8 Å². The Morgan fingerprint density at radius 2 is 2.50 bits per heavy atom. The monoisotopic (exact) mass is 174 g/mol. The Hall–Kier alpha value is -0.640. The Kier molecular flexibility index (Phi) is 3.47. The molecule has 0 aliphatic carbocycles. The van der Waals surface area contributed by atoms with Crippen LogP contribution in [-0.4, -0.2) is 43.7 Å². The molecule has 1 fully saturated rings. The van der Waals surface area contributed by atoms with Gasteiger partial charge in [0.2, 0.25) is 5.91 Å². The van der Waals surface area contributed by atoms with Crippen LogP contribution >= 0.6 is 0 Å². The molecule has 1 atom stereocenters. The number of likely N-dealkylation sites (N-methyl/N-ethyl adjacent to an activating group) is 1. The van der Waals surface area contributed by atoms with E-state index in [2.05, 4.69) is 5.32 Å². The summed E-state index contributed by atoms with van der Waals surface area (Å²) in [5.74, 6) is -0.000139. The predicted octanol–water partition coefficient (Wildman–Crippen LogP) is 0.166. The van der Waals surface area contributed by atoms with Gasteiger partial charge in [-0.05, 0) is 19.9 Å². The Balaban J connectivity index is 2.35. The first-order valence-electron chi connectivity index (χ1n) is 4.30. The first kappa shape index (κ1) is 9.45. The number of carbonyl (C=O) groups is 1. The second-order valence-corrected chi connectivity index (χ2v) is 3.11. The van der Waals surface area contributed by atoms with Gasteiger partial charge in [-0.25, -0.2) is 4.39 Å². The highest BCUT2D eigenvalue weighted by molar-refractivity contribution is 5.78. The number of amides is 1. The van der Waals surface area contributed by atoms with E-state index in [1.54, 1.807) is 11.9 Å². The fraction of sp³-hybridized carbons (Fsp3) is 0.875. The standard InChI is InChI=1S/C8H15FN2O/c1-10-5-8(12)11-4-2-3-7(9)6-11/h7,10H,2-6H2,1H3/t7-/m1/s1. The molecule has 0 radical (unpaired) electrons. The summed E-state index contributed by atoms with van der Waals surface area (Å²) < 4.78 is 12.8. The van der Waals surface area contributed by atoms with E-state index in [1.165, 1.54) is 0 Å². The number of piperidine rings is 1. The molecule has 0 aromatic rings. The lowest BCUT2D eigenvalue weighted by atomic mass is 10.1. The van der Waals surface area contributed by atoms with Gasteiger partial charge in [0.05, 0.1) is 13.1 Å². The van der Waals surface area contributed by atoms with Crippen LogP contribution in [0.5, 0.6) is 0 Å². The third kappa shape index (κ3) is 2.44. The fourth-order valence-corrected chi connectivity index (χ4v) is 1.41. The van der Waals surface area contributed by atoms with Crippen molar-refractivity contribution in [1.29, 1.82) is 0 Å². The molecule has 1 aliphatic rings. The molecule has 1 N–H and O–H groups in total. The van der Waals surface area contributed by atoms with Gasteiger partial charge in [0.1, 0.15) is 6.17 Å². The molecule has 1 rings (SSSR count). The lowest BCUT2D eigenvalue weighted by molar-refractivity contribution is -0.132. The van der Waals surface area contributed by atoms with Crippen molar-refractivity contribution in [2.24, 2.45) is 0 Å². The Morgan fingerprint density at radius 1 is 1.75 bits per heavy atom. The number of halogens is 1. The highest BCUT2D eigenvalue weighted by atomic mass is 19.1. The molecular formula is C8H15FN2O. The fourth-order valence-electron chi connectivity index (χ4n) is 1.41. The smallest absolute Gasteiger partial charge is 0.236 e. The van der Waals surface area contributed by atoms with E-state index < -0.39 is 6.17 Å². The van der Waals surface area contributed by atoms with E-state index in [-0.39, 0.29) is 12.5 Å². The van der Waals surface area contributed by atoms with Crippen LogP contribution < -0.4 is 5.32 Å². The summed E-state index contributed by atoms with van der Waals surface area (Å²) in [5, 5.41) is 2.77. The summed E-state index contributed by atoms with van der Waals surface area (Å²) in [5.41, 5.74) is 0. The van der Waals surface area contributed by atoms with Crippen molar-refractivity contribution in [2.45, 2.75) is 19.0 Å². The van der Waals surface area contributed by atoms with Crippen molar-refractivity contribution < 1.29 is 9.18 Å². The summed E-state index contributed by atoms with van der Waals surface area (Å²) in [6, 6.07) is 0. The van der Waals surface area contributed by atoms with E-state index in [0.29, 0.717) is 19.5 Å². The van der Waals surface area contributed by atoms with Gasteiger partial charge in [0.25, 0.3) is 0 Å². The van der Waals surface area contributed by atoms with Crippen molar-refractivity contribution in [2.75, 3.05) is 26.7 Å². The molecule has 12 heavy (non-hydrogen) atoms. The van der Waals surface area contributed by atoms with Crippen LogP contribution in [0, 0.1) is 0 Å². The summed E-state index contributed by atoms with van der Waals surface area (Å²) in [7, 11) is 1.72. The van der Waals surface area contributed by atoms with Gasteiger partial charge in [-0.2, -0.15) is 0 Å². The number of hydrogen-bond acceptors (Lipinski definition) is 2. The van der Waals surface area contributed by atoms with Crippen molar-refractivity contribution in [3.05, 3.63) is 0 Å². The number of carbonyl (C=O) groups excluding carboxylic acids is 1. The lowest BCUT2D eigenvalue weighted by Crippen LogP contribution is -2.44. The number of rotatable bonds is 2. The van der Waals surface area contributed by atoms with Crippen LogP contribution in [0.2, 0.25) is 0 Å². The SMILES string of the molecule is CNCC(=O)N1CCC[C@@H](F)C1. The van der Waals surface area contributed by atoms with E-state index >= 15 is 0 Å². The Bertz CT molecular complexity index is 163. The Morgan fingerprint density at radius 3 is 3.08 bits per heavy atom. The average molecular weight is 174 g/mol. The molecule has 0 aromatic heterocycles. The second-order valence-electron chi connectivity index (χ2n) is 3.11. The van der Waals surface area contributed by atoms with Gasteiger partial charge >= 0.3 is 0 Å². The highest BCUT2D eigenvalue weighted by Crippen LogP contribution is 2.12. The Labute approximate surface area is 71.9 Å². The largest absolute Gasteiger partial charge is 0.339 e. The molecule has 0 bridgehead atoms. The van der Waals surface area contributed by atoms with Crippen LogP contribution in [0.3, 0.4) is 0 Å². The molecule has 70 valence electrons. The van der Waals surface area contributed by atoms with E-state index in [9.17, 15) is 9.18 Å². The van der Waals surface area contributed by atoms with E-state index in [0.717, 1.165) is 6.42 Å². The summed E-state index contributed by atoms with van der Waals surface area (Å²) in [6.45, 7) is 1.30. The zero-order chi connectivity index (χ0) is 8.97. The van der Waals surface area contributed by atoms with Crippen molar-refractivity contribution >= 4 is 5.91 Å². The molecular weight excluding hydrogens is 159 g/mol. The molecule has 1 amide bonds. The number of nitrogens with zero attached hydrogens (tertiary/aromatic N) is 1. The highest BCUT2D eigenvalue weighted by Gasteiger charge is 2.22. The summed E-state index contributed by atoms with van der Waals surface area (Å²) >= 11 is 0. The van der Waals surface area contributed by atoms with Gasteiger partial charge in [-0.1, -0.05) is 0 Å². The first-order valence-corrected chi connectivity index (χ1v) is 4.30. The molecule has 1 aliphatic heterocycles. The molecule has 0 spiro atoms. The predicted molar refractivity (Wildman–Crippen MR) is 44.6 cm³/mol. The quantitative estimate of drug-likeness (QED) is 0.647. The van der Waals surface area contributed by atoms with Crippen molar-refractivity contribution in [1.82, 2.24) is 10.2 Å². The number of alkyl halides is 1. The van der Waals surface area contributed by atoms with Crippen molar-refractivity contribution in [3.63, 3.8) is 0 Å². The summed E-state index contributed by atoms with van der Waals surface area (Å²) in [6.07, 6.45) is 0.569. The average Bonchev–Trinajstić information content (AvgIpc) is 2.05. The molecule has 4 heteroatoms. The van der Waals surface area contributed by atoms with Gasteiger partial charge in [0.15, 0.2) is 0 Å². The topological polar surface area (TPSA) is 32.3 Å². The van der Waals surface area contributed by atoms with Crippen LogP contribution in [0.25, 0.3) is 0 Å². The van der Waals surface area contributed by atoms with Crippen molar-refractivity contribution in [3.8, 4) is 0 Å². The minimum atomic E-state index is -0.820. The molecule has 3 nitrogen and oxygen atoms in total. The van der Waals surface area contributed by atoms with Gasteiger partial charge in [0, 0.05) is 6.54 Å². The molecule has 0 unspecified atom stereocenters. The summed E-state index contributed by atoms with van der Waals surface area (Å²) in [4.78, 5) is 12.8. The number of hydrogen-bond donors (Lipinski definition) is 1. The third-order valence-corrected chi connectivity index (χ3v) is 2.04. The maximum Gasteiger partial charge on any atom is 0.236 e. The van der Waals surface area contributed by atoms with Crippen LogP contribution in [0.15, 0.2) is 0 Å². The molecule has 1 heterocycles. The minimum absolute atomic E-state index is 0.000139. The van der Waals surface area contributed by atoms with Crippen LogP contribution in [0.4, 0.5) is 4.39 Å².